The van der Waals surface area contributed by atoms with Gasteiger partial charge in [-0.1, -0.05) is 12.1 Å². The monoisotopic (exact) mass is 281 g/mol. The fourth-order valence-corrected chi connectivity index (χ4v) is 3.30. The predicted octanol–water partition coefficient (Wildman–Crippen LogP) is 3.37. The molecule has 2 aliphatic heterocycles. The Hall–Kier alpha value is -0.540. The van der Waals surface area contributed by atoms with Gasteiger partial charge < -0.3 is 4.74 Å². The van der Waals surface area contributed by atoms with Crippen molar-refractivity contribution in [1.29, 1.82) is 0 Å². The number of hydrogen-bond acceptors (Lipinski definition) is 2. The van der Waals surface area contributed by atoms with Gasteiger partial charge in [0, 0.05) is 18.0 Å². The highest BCUT2D eigenvalue weighted by Crippen LogP contribution is 2.41. The van der Waals surface area contributed by atoms with Gasteiger partial charge in [0.2, 0.25) is 0 Å². The van der Waals surface area contributed by atoms with Gasteiger partial charge in [-0.25, -0.2) is 0 Å². The summed E-state index contributed by atoms with van der Waals surface area (Å²) in [6, 6.07) is 6.96. The van der Waals surface area contributed by atoms with Crippen LogP contribution in [0.25, 0.3) is 0 Å². The standard InChI is InChI=1S/C13H16BrNO/c14-11-5-3-4-10-12(6-9-16-13(10)11)15-7-1-2-8-15/h3-5,12H,1-2,6-9H2. The smallest absolute Gasteiger partial charge is 0.138 e. The summed E-state index contributed by atoms with van der Waals surface area (Å²) in [5.74, 6) is 1.06. The predicted molar refractivity (Wildman–Crippen MR) is 67.8 cm³/mol. The molecule has 1 atom stereocenters. The van der Waals surface area contributed by atoms with E-state index < -0.39 is 0 Å². The van der Waals surface area contributed by atoms with Crippen LogP contribution in [-0.2, 0) is 0 Å². The Balaban J connectivity index is 1.96. The molecule has 2 heterocycles. The first-order valence-corrected chi connectivity index (χ1v) is 6.81. The summed E-state index contributed by atoms with van der Waals surface area (Å²) in [5.41, 5.74) is 1.36. The van der Waals surface area contributed by atoms with Gasteiger partial charge in [0.05, 0.1) is 11.1 Å². The van der Waals surface area contributed by atoms with Gasteiger partial charge in [0.1, 0.15) is 5.75 Å². The van der Waals surface area contributed by atoms with Crippen LogP contribution in [0, 0.1) is 0 Å². The molecule has 0 aliphatic carbocycles. The number of benzene rings is 1. The first-order valence-electron chi connectivity index (χ1n) is 6.01. The molecule has 1 saturated heterocycles. The normalized spacial score (nSPS) is 25.2. The lowest BCUT2D eigenvalue weighted by atomic mass is 9.99. The molecular formula is C13H16BrNO. The van der Waals surface area contributed by atoms with Gasteiger partial charge in [-0.3, -0.25) is 4.90 Å². The Labute approximate surface area is 105 Å². The molecule has 0 saturated carbocycles. The van der Waals surface area contributed by atoms with E-state index in [1.807, 2.05) is 0 Å². The largest absolute Gasteiger partial charge is 0.492 e. The minimum atomic E-state index is 0.573. The molecular weight excluding hydrogens is 266 g/mol. The number of fused-ring (bicyclic) bond motifs is 1. The van der Waals surface area contributed by atoms with Crippen LogP contribution in [0.2, 0.25) is 0 Å². The second kappa shape index (κ2) is 4.38. The van der Waals surface area contributed by atoms with E-state index in [-0.39, 0.29) is 0 Å². The molecule has 0 amide bonds. The Morgan fingerprint density at radius 1 is 1.25 bits per heavy atom. The molecule has 1 aromatic rings. The number of likely N-dealkylation sites (tertiary alicyclic amines) is 1. The van der Waals surface area contributed by atoms with Gasteiger partial charge in [-0.15, -0.1) is 0 Å². The fraction of sp³-hybridized carbons (Fsp3) is 0.538. The Bertz CT molecular complexity index is 388. The van der Waals surface area contributed by atoms with E-state index in [2.05, 4.69) is 39.0 Å². The van der Waals surface area contributed by atoms with Crippen LogP contribution in [0.15, 0.2) is 22.7 Å². The number of ether oxygens (including phenoxy) is 1. The van der Waals surface area contributed by atoms with Gasteiger partial charge in [0.15, 0.2) is 0 Å². The van der Waals surface area contributed by atoms with E-state index >= 15 is 0 Å². The van der Waals surface area contributed by atoms with Crippen molar-refractivity contribution in [2.75, 3.05) is 19.7 Å². The topological polar surface area (TPSA) is 12.5 Å². The van der Waals surface area contributed by atoms with Crippen molar-refractivity contribution in [3.05, 3.63) is 28.2 Å². The molecule has 0 N–H and O–H groups in total. The van der Waals surface area contributed by atoms with Crippen LogP contribution in [0.4, 0.5) is 0 Å². The molecule has 0 radical (unpaired) electrons. The van der Waals surface area contributed by atoms with Crippen LogP contribution in [0.5, 0.6) is 5.75 Å². The zero-order chi connectivity index (χ0) is 11.0. The molecule has 16 heavy (non-hydrogen) atoms. The highest BCUT2D eigenvalue weighted by molar-refractivity contribution is 9.10. The minimum absolute atomic E-state index is 0.573. The Morgan fingerprint density at radius 3 is 2.88 bits per heavy atom. The first kappa shape index (κ1) is 10.6. The third-order valence-corrected chi connectivity index (χ3v) is 4.20. The highest BCUT2D eigenvalue weighted by Gasteiger charge is 2.29. The summed E-state index contributed by atoms with van der Waals surface area (Å²) in [4.78, 5) is 2.60. The Kier molecular flexibility index (Phi) is 2.90. The van der Waals surface area contributed by atoms with Crippen LogP contribution >= 0.6 is 15.9 Å². The summed E-state index contributed by atoms with van der Waals surface area (Å²) >= 11 is 3.57. The molecule has 3 rings (SSSR count). The lowest BCUT2D eigenvalue weighted by Crippen LogP contribution is -2.30. The lowest BCUT2D eigenvalue weighted by Gasteiger charge is -2.33. The maximum Gasteiger partial charge on any atom is 0.138 e. The first-order chi connectivity index (χ1) is 7.86. The fourth-order valence-electron chi connectivity index (χ4n) is 2.80. The maximum absolute atomic E-state index is 5.77. The molecule has 2 aliphatic rings. The number of hydrogen-bond donors (Lipinski definition) is 0. The Morgan fingerprint density at radius 2 is 2.06 bits per heavy atom. The number of rotatable bonds is 1. The van der Waals surface area contributed by atoms with Gasteiger partial charge in [0.25, 0.3) is 0 Å². The van der Waals surface area contributed by atoms with Crippen molar-refractivity contribution in [3.8, 4) is 5.75 Å². The maximum atomic E-state index is 5.77. The third kappa shape index (κ3) is 1.76. The van der Waals surface area contributed by atoms with Crippen molar-refractivity contribution in [3.63, 3.8) is 0 Å². The van der Waals surface area contributed by atoms with E-state index in [0.29, 0.717) is 6.04 Å². The highest BCUT2D eigenvalue weighted by atomic mass is 79.9. The zero-order valence-corrected chi connectivity index (χ0v) is 10.9. The molecule has 1 unspecified atom stereocenters. The summed E-state index contributed by atoms with van der Waals surface area (Å²) in [6.07, 6.45) is 3.82. The van der Waals surface area contributed by atoms with Crippen LogP contribution in [-0.4, -0.2) is 24.6 Å². The lowest BCUT2D eigenvalue weighted by molar-refractivity contribution is 0.165. The van der Waals surface area contributed by atoms with E-state index in [1.54, 1.807) is 0 Å². The van der Waals surface area contributed by atoms with Crippen molar-refractivity contribution in [1.82, 2.24) is 4.90 Å². The molecule has 86 valence electrons. The molecule has 0 bridgehead atoms. The average molecular weight is 282 g/mol. The van der Waals surface area contributed by atoms with Gasteiger partial charge in [-0.05, 0) is 47.9 Å². The second-order valence-corrected chi connectivity index (χ2v) is 5.41. The van der Waals surface area contributed by atoms with Crippen molar-refractivity contribution < 1.29 is 4.74 Å². The summed E-state index contributed by atoms with van der Waals surface area (Å²) < 4.78 is 6.86. The van der Waals surface area contributed by atoms with E-state index in [4.69, 9.17) is 4.74 Å². The number of para-hydroxylation sites is 1. The molecule has 3 heteroatoms. The molecule has 0 aromatic heterocycles. The minimum Gasteiger partial charge on any atom is -0.492 e. The van der Waals surface area contributed by atoms with Gasteiger partial charge in [-0.2, -0.15) is 0 Å². The van der Waals surface area contributed by atoms with E-state index in [1.165, 1.54) is 31.5 Å². The molecule has 2 nitrogen and oxygen atoms in total. The SMILES string of the molecule is Brc1cccc2c1OCCC2N1CCCC1. The third-order valence-electron chi connectivity index (χ3n) is 3.58. The zero-order valence-electron chi connectivity index (χ0n) is 9.29. The summed E-state index contributed by atoms with van der Waals surface area (Å²) in [6.45, 7) is 3.34. The van der Waals surface area contributed by atoms with Crippen LogP contribution < -0.4 is 4.74 Å². The van der Waals surface area contributed by atoms with Crippen LogP contribution in [0.1, 0.15) is 30.9 Å². The van der Waals surface area contributed by atoms with Crippen molar-refractivity contribution in [2.45, 2.75) is 25.3 Å². The van der Waals surface area contributed by atoms with Crippen LogP contribution in [0.3, 0.4) is 0 Å². The summed E-state index contributed by atoms with van der Waals surface area (Å²) in [5, 5.41) is 0. The van der Waals surface area contributed by atoms with Gasteiger partial charge >= 0.3 is 0 Å². The molecule has 1 aromatic carbocycles. The van der Waals surface area contributed by atoms with E-state index in [9.17, 15) is 0 Å². The van der Waals surface area contributed by atoms with E-state index in [0.717, 1.165) is 23.2 Å². The van der Waals surface area contributed by atoms with Crippen molar-refractivity contribution >= 4 is 15.9 Å². The molecule has 1 fully saturated rings. The average Bonchev–Trinajstić information content (AvgIpc) is 2.82. The number of nitrogens with zero attached hydrogens (tertiary/aromatic N) is 1. The summed E-state index contributed by atoms with van der Waals surface area (Å²) in [7, 11) is 0. The number of halogens is 1. The molecule has 0 spiro atoms. The van der Waals surface area contributed by atoms with Crippen molar-refractivity contribution in [2.24, 2.45) is 0 Å². The quantitative estimate of drug-likeness (QED) is 0.783. The second-order valence-electron chi connectivity index (χ2n) is 4.55.